The van der Waals surface area contributed by atoms with E-state index in [2.05, 4.69) is 0 Å². The number of hydrogen-bond acceptors (Lipinski definition) is 3. The highest BCUT2D eigenvalue weighted by molar-refractivity contribution is 5.95. The zero-order valence-electron chi connectivity index (χ0n) is 10.2. The lowest BCUT2D eigenvalue weighted by atomic mass is 10.1. The fourth-order valence-corrected chi connectivity index (χ4v) is 1.21. The molecule has 16 heavy (non-hydrogen) atoms. The Hall–Kier alpha value is -1.35. The van der Waals surface area contributed by atoms with Crippen molar-refractivity contribution in [3.8, 4) is 0 Å². The molecular weight excluding hydrogens is 204 g/mol. The summed E-state index contributed by atoms with van der Waals surface area (Å²) in [5.41, 5.74) is 1.49. The van der Waals surface area contributed by atoms with Gasteiger partial charge in [0.15, 0.2) is 0 Å². The molecule has 3 heteroatoms. The van der Waals surface area contributed by atoms with Gasteiger partial charge in [-0.05, 0) is 13.3 Å². The number of allylic oxidation sites excluding steroid dienone is 1. The second-order valence-electron chi connectivity index (χ2n) is 2.93. The van der Waals surface area contributed by atoms with Gasteiger partial charge < -0.3 is 9.84 Å². The zero-order chi connectivity index (χ0) is 12.4. The third-order valence-electron chi connectivity index (χ3n) is 1.87. The number of carbonyl (C=O) groups is 1. The number of esters is 1. The predicted molar refractivity (Wildman–Crippen MR) is 65.0 cm³/mol. The maximum Gasteiger partial charge on any atom is 0.338 e. The van der Waals surface area contributed by atoms with Crippen molar-refractivity contribution in [3.63, 3.8) is 0 Å². The van der Waals surface area contributed by atoms with Gasteiger partial charge in [-0.2, -0.15) is 0 Å². The standard InChI is InChI=1S/C11H14O3.C2H6/c1-2-5-10-9(6-3-4-7-12)8-14-11(10)13;1-2/h2-3,5-6,12H,4,7-8H2,1H3;1-2H3/b5-2+,6-3+;. The fraction of sp³-hybridized carbons (Fsp3) is 0.462. The van der Waals surface area contributed by atoms with Crippen LogP contribution < -0.4 is 0 Å². The Morgan fingerprint density at radius 2 is 2.06 bits per heavy atom. The van der Waals surface area contributed by atoms with E-state index >= 15 is 0 Å². The number of ether oxygens (including phenoxy) is 1. The molecule has 0 amide bonds. The van der Waals surface area contributed by atoms with Crippen molar-refractivity contribution in [1.82, 2.24) is 0 Å². The number of aliphatic hydroxyl groups excluding tert-OH is 1. The molecule has 1 heterocycles. The van der Waals surface area contributed by atoms with Crippen LogP contribution in [0.5, 0.6) is 0 Å². The summed E-state index contributed by atoms with van der Waals surface area (Å²) in [5.74, 6) is -0.272. The van der Waals surface area contributed by atoms with Crippen molar-refractivity contribution >= 4 is 5.97 Å². The summed E-state index contributed by atoms with van der Waals surface area (Å²) in [6.07, 6.45) is 7.81. The van der Waals surface area contributed by atoms with Crippen molar-refractivity contribution in [2.75, 3.05) is 13.2 Å². The van der Waals surface area contributed by atoms with Crippen molar-refractivity contribution < 1.29 is 14.6 Å². The highest BCUT2D eigenvalue weighted by Crippen LogP contribution is 2.18. The zero-order valence-corrected chi connectivity index (χ0v) is 10.2. The van der Waals surface area contributed by atoms with Gasteiger partial charge in [0.2, 0.25) is 0 Å². The number of cyclic esters (lactones) is 1. The van der Waals surface area contributed by atoms with Crippen LogP contribution in [-0.2, 0) is 9.53 Å². The minimum absolute atomic E-state index is 0.123. The van der Waals surface area contributed by atoms with Gasteiger partial charge in [-0.25, -0.2) is 4.79 Å². The number of rotatable bonds is 4. The second kappa shape index (κ2) is 8.92. The summed E-state index contributed by atoms with van der Waals surface area (Å²) in [4.78, 5) is 11.2. The number of hydrogen-bond donors (Lipinski definition) is 1. The summed E-state index contributed by atoms with van der Waals surface area (Å²) >= 11 is 0. The summed E-state index contributed by atoms with van der Waals surface area (Å²) < 4.78 is 4.88. The quantitative estimate of drug-likeness (QED) is 0.746. The molecule has 1 N–H and O–H groups in total. The van der Waals surface area contributed by atoms with Crippen molar-refractivity contribution in [3.05, 3.63) is 35.5 Å². The van der Waals surface area contributed by atoms with Crippen molar-refractivity contribution in [2.24, 2.45) is 0 Å². The molecule has 0 spiro atoms. The lowest BCUT2D eigenvalue weighted by Gasteiger charge is -1.90. The Morgan fingerprint density at radius 3 is 2.62 bits per heavy atom. The van der Waals surface area contributed by atoms with Crippen LogP contribution in [0.3, 0.4) is 0 Å². The molecular formula is C13H20O3. The minimum Gasteiger partial charge on any atom is -0.457 e. The fourth-order valence-electron chi connectivity index (χ4n) is 1.21. The van der Waals surface area contributed by atoms with Gasteiger partial charge in [-0.1, -0.05) is 38.2 Å². The van der Waals surface area contributed by atoms with Crippen molar-refractivity contribution in [1.29, 1.82) is 0 Å². The largest absolute Gasteiger partial charge is 0.457 e. The average Bonchev–Trinajstić information content (AvgIpc) is 2.65. The van der Waals surface area contributed by atoms with Crippen LogP contribution in [0, 0.1) is 0 Å². The Balaban J connectivity index is 0.00000106. The SMILES string of the molecule is C/C=C/C1=C(/C=C/CCO)COC1=O.CC. The van der Waals surface area contributed by atoms with E-state index in [0.29, 0.717) is 18.6 Å². The van der Waals surface area contributed by atoms with Gasteiger partial charge in [0, 0.05) is 12.2 Å². The first-order valence-corrected chi connectivity index (χ1v) is 5.60. The molecule has 1 rings (SSSR count). The van der Waals surface area contributed by atoms with Crippen LogP contribution in [0.2, 0.25) is 0 Å². The van der Waals surface area contributed by atoms with Gasteiger partial charge in [0.05, 0.1) is 5.57 Å². The Bertz CT molecular complexity index is 298. The maximum absolute atomic E-state index is 11.2. The van der Waals surface area contributed by atoms with E-state index in [9.17, 15) is 4.79 Å². The van der Waals surface area contributed by atoms with Gasteiger partial charge in [-0.3, -0.25) is 0 Å². The molecule has 0 saturated carbocycles. The van der Waals surface area contributed by atoms with Crippen LogP contribution in [0.4, 0.5) is 0 Å². The Kier molecular flexibility index (Phi) is 8.17. The molecule has 0 aromatic carbocycles. The molecule has 0 aliphatic carbocycles. The first-order chi connectivity index (χ1) is 7.79. The molecule has 0 fully saturated rings. The Labute approximate surface area is 97.1 Å². The molecule has 0 unspecified atom stereocenters. The van der Waals surface area contributed by atoms with E-state index in [1.807, 2.05) is 39.0 Å². The van der Waals surface area contributed by atoms with E-state index in [1.54, 1.807) is 6.08 Å². The predicted octanol–water partition coefficient (Wildman–Crippen LogP) is 2.38. The van der Waals surface area contributed by atoms with Crippen LogP contribution in [-0.4, -0.2) is 24.3 Å². The van der Waals surface area contributed by atoms with E-state index in [1.165, 1.54) is 0 Å². The molecule has 0 radical (unpaired) electrons. The number of carbonyl (C=O) groups excluding carboxylic acids is 1. The summed E-state index contributed by atoms with van der Waals surface area (Å²) in [7, 11) is 0. The maximum atomic E-state index is 11.2. The number of aliphatic hydroxyl groups is 1. The summed E-state index contributed by atoms with van der Waals surface area (Å²) in [6, 6.07) is 0. The lowest BCUT2D eigenvalue weighted by molar-refractivity contribution is -0.135. The normalized spacial score (nSPS) is 15.6. The molecule has 0 saturated heterocycles. The Morgan fingerprint density at radius 1 is 1.38 bits per heavy atom. The molecule has 0 aromatic rings. The summed E-state index contributed by atoms with van der Waals surface area (Å²) in [6.45, 7) is 6.31. The van der Waals surface area contributed by atoms with Gasteiger partial charge in [-0.15, -0.1) is 0 Å². The molecule has 0 aromatic heterocycles. The van der Waals surface area contributed by atoms with Crippen LogP contribution in [0.15, 0.2) is 35.5 Å². The van der Waals surface area contributed by atoms with E-state index < -0.39 is 0 Å². The van der Waals surface area contributed by atoms with Crippen molar-refractivity contribution in [2.45, 2.75) is 27.2 Å². The highest BCUT2D eigenvalue weighted by atomic mass is 16.5. The van der Waals surface area contributed by atoms with Crippen LogP contribution in [0.25, 0.3) is 0 Å². The molecule has 1 aliphatic heterocycles. The molecule has 0 bridgehead atoms. The topological polar surface area (TPSA) is 46.5 Å². The minimum atomic E-state index is -0.272. The van der Waals surface area contributed by atoms with E-state index in [0.717, 1.165) is 5.57 Å². The third kappa shape index (κ3) is 4.45. The monoisotopic (exact) mass is 224 g/mol. The summed E-state index contributed by atoms with van der Waals surface area (Å²) in [5, 5.41) is 8.58. The molecule has 3 nitrogen and oxygen atoms in total. The van der Waals surface area contributed by atoms with Gasteiger partial charge >= 0.3 is 5.97 Å². The van der Waals surface area contributed by atoms with E-state index in [4.69, 9.17) is 9.84 Å². The molecule has 90 valence electrons. The average molecular weight is 224 g/mol. The van der Waals surface area contributed by atoms with Crippen LogP contribution >= 0.6 is 0 Å². The van der Waals surface area contributed by atoms with Gasteiger partial charge in [0.25, 0.3) is 0 Å². The molecule has 1 aliphatic rings. The third-order valence-corrected chi connectivity index (χ3v) is 1.87. The first kappa shape index (κ1) is 14.6. The molecule has 0 atom stereocenters. The van der Waals surface area contributed by atoms with Crippen LogP contribution in [0.1, 0.15) is 27.2 Å². The lowest BCUT2D eigenvalue weighted by Crippen LogP contribution is -1.96. The second-order valence-corrected chi connectivity index (χ2v) is 2.93. The highest BCUT2D eigenvalue weighted by Gasteiger charge is 2.20. The smallest absolute Gasteiger partial charge is 0.338 e. The van der Waals surface area contributed by atoms with Gasteiger partial charge in [0.1, 0.15) is 6.61 Å². The first-order valence-electron chi connectivity index (χ1n) is 5.60. The van der Waals surface area contributed by atoms with E-state index in [-0.39, 0.29) is 12.6 Å².